The van der Waals surface area contributed by atoms with E-state index in [0.29, 0.717) is 23.1 Å². The largest absolute Gasteiger partial charge is 0.573 e. The van der Waals surface area contributed by atoms with Crippen LogP contribution in [0, 0.1) is 0 Å². The molecule has 1 aromatic heterocycles. The zero-order valence-corrected chi connectivity index (χ0v) is 23.4. The van der Waals surface area contributed by atoms with Gasteiger partial charge < -0.3 is 9.15 Å². The van der Waals surface area contributed by atoms with Crippen LogP contribution in [0.1, 0.15) is 5.56 Å². The zero-order valence-electron chi connectivity index (χ0n) is 21.8. The molecule has 4 aromatic carbocycles. The molecule has 1 heterocycles. The van der Waals surface area contributed by atoms with Gasteiger partial charge in [0.1, 0.15) is 17.1 Å². The Morgan fingerprint density at radius 2 is 1.30 bits per heavy atom. The highest BCUT2D eigenvalue weighted by Crippen LogP contribution is 2.36. The van der Waals surface area contributed by atoms with E-state index in [0.717, 1.165) is 36.4 Å². The smallest absolute Gasteiger partial charge is 0.456 e. The highest BCUT2D eigenvalue weighted by molar-refractivity contribution is 7.93. The summed E-state index contributed by atoms with van der Waals surface area (Å²) < 4.78 is 144. The van der Waals surface area contributed by atoms with Gasteiger partial charge in [0.2, 0.25) is 0 Å². The predicted octanol–water partition coefficient (Wildman–Crippen LogP) is 7.62. The van der Waals surface area contributed by atoms with Crippen molar-refractivity contribution in [1.82, 2.24) is 0 Å². The van der Waals surface area contributed by atoms with E-state index in [2.05, 4.69) is 14.2 Å². The number of furan rings is 1. The molecule has 230 valence electrons. The van der Waals surface area contributed by atoms with Crippen LogP contribution in [0.15, 0.2) is 111 Å². The minimum Gasteiger partial charge on any atom is -0.456 e. The summed E-state index contributed by atoms with van der Waals surface area (Å²) in [5.41, 5.74) is -1.17. The third-order valence-corrected chi connectivity index (χ3v) is 8.80. The predicted molar refractivity (Wildman–Crippen MR) is 148 cm³/mol. The molecule has 0 spiro atoms. The van der Waals surface area contributed by atoms with Gasteiger partial charge in [-0.05, 0) is 72.8 Å². The number of sulfonamides is 2. The van der Waals surface area contributed by atoms with E-state index in [1.54, 1.807) is 30.3 Å². The molecule has 0 fully saturated rings. The van der Waals surface area contributed by atoms with Crippen LogP contribution < -0.4 is 14.2 Å². The molecule has 5 rings (SSSR count). The van der Waals surface area contributed by atoms with Gasteiger partial charge >= 0.3 is 12.5 Å². The fourth-order valence-electron chi connectivity index (χ4n) is 4.06. The first-order chi connectivity index (χ1) is 20.5. The van der Waals surface area contributed by atoms with Crippen molar-refractivity contribution in [2.24, 2.45) is 0 Å². The molecule has 16 heteroatoms. The summed E-state index contributed by atoms with van der Waals surface area (Å²) in [5, 5.41) is 0.708. The fourth-order valence-corrected chi connectivity index (χ4v) is 6.26. The van der Waals surface area contributed by atoms with Gasteiger partial charge in [0.05, 0.1) is 26.7 Å². The van der Waals surface area contributed by atoms with E-state index < -0.39 is 53.7 Å². The number of anilines is 2. The maximum Gasteiger partial charge on any atom is 0.573 e. The SMILES string of the molecule is O=S(=O)(Nc1ccc(-c2cc3ccccc3o2)cc1NS(=O)(=O)c1ccc(OC(F)(F)F)cc1)c1cccc(C(F)(F)F)c1. The molecule has 0 bridgehead atoms. The van der Waals surface area contributed by atoms with Crippen LogP contribution in [-0.4, -0.2) is 23.2 Å². The first kappa shape index (κ1) is 30.7. The van der Waals surface area contributed by atoms with Crippen molar-refractivity contribution in [3.05, 3.63) is 103 Å². The van der Waals surface area contributed by atoms with Gasteiger partial charge in [-0.25, -0.2) is 16.8 Å². The summed E-state index contributed by atoms with van der Waals surface area (Å²) in [6.45, 7) is 0. The van der Waals surface area contributed by atoms with E-state index in [4.69, 9.17) is 4.42 Å². The van der Waals surface area contributed by atoms with E-state index in [-0.39, 0.29) is 22.7 Å². The minimum absolute atomic E-state index is 0.271. The summed E-state index contributed by atoms with van der Waals surface area (Å²) in [6, 6.07) is 18.5. The second-order valence-corrected chi connectivity index (χ2v) is 12.5. The van der Waals surface area contributed by atoms with Crippen molar-refractivity contribution in [3.63, 3.8) is 0 Å². The molecular formula is C28H18F6N2O6S2. The van der Waals surface area contributed by atoms with Crippen molar-refractivity contribution >= 4 is 42.4 Å². The van der Waals surface area contributed by atoms with Crippen LogP contribution in [0.25, 0.3) is 22.3 Å². The lowest BCUT2D eigenvalue weighted by Gasteiger charge is -2.17. The van der Waals surface area contributed by atoms with Gasteiger partial charge in [-0.1, -0.05) is 24.3 Å². The maximum absolute atomic E-state index is 13.2. The average molecular weight is 657 g/mol. The number of alkyl halides is 6. The summed E-state index contributed by atoms with van der Waals surface area (Å²) in [6.07, 6.45) is -9.84. The molecule has 0 saturated carbocycles. The Morgan fingerprint density at radius 1 is 0.636 bits per heavy atom. The highest BCUT2D eigenvalue weighted by atomic mass is 32.2. The van der Waals surface area contributed by atoms with Gasteiger partial charge in [-0.15, -0.1) is 13.2 Å². The van der Waals surface area contributed by atoms with Gasteiger partial charge in [0.15, 0.2) is 0 Å². The molecule has 0 unspecified atom stereocenters. The number of para-hydroxylation sites is 1. The Hall–Kier alpha value is -4.70. The normalized spacial score (nSPS) is 12.7. The molecular weight excluding hydrogens is 638 g/mol. The topological polar surface area (TPSA) is 115 Å². The number of hydrogen-bond donors (Lipinski definition) is 2. The Kier molecular flexibility index (Phi) is 7.75. The van der Waals surface area contributed by atoms with Crippen LogP contribution in [0.4, 0.5) is 37.7 Å². The molecule has 0 aliphatic rings. The lowest BCUT2D eigenvalue weighted by atomic mass is 10.1. The molecule has 44 heavy (non-hydrogen) atoms. The number of benzene rings is 4. The number of hydrogen-bond acceptors (Lipinski definition) is 6. The molecule has 2 N–H and O–H groups in total. The molecule has 0 aliphatic carbocycles. The molecule has 0 aliphatic heterocycles. The Morgan fingerprint density at radius 3 is 1.95 bits per heavy atom. The first-order valence-corrected chi connectivity index (χ1v) is 15.2. The van der Waals surface area contributed by atoms with Gasteiger partial charge in [0.25, 0.3) is 20.0 Å². The summed E-state index contributed by atoms with van der Waals surface area (Å²) in [7, 11) is -9.26. The number of fused-ring (bicyclic) bond motifs is 1. The van der Waals surface area contributed by atoms with Crippen LogP contribution in [0.2, 0.25) is 0 Å². The quantitative estimate of drug-likeness (QED) is 0.166. The van der Waals surface area contributed by atoms with Crippen molar-refractivity contribution in [1.29, 1.82) is 0 Å². The van der Waals surface area contributed by atoms with Crippen LogP contribution in [0.5, 0.6) is 5.75 Å². The summed E-state index contributed by atoms with van der Waals surface area (Å²) >= 11 is 0. The second-order valence-electron chi connectivity index (χ2n) is 9.16. The first-order valence-electron chi connectivity index (χ1n) is 12.2. The Labute approximate surface area is 246 Å². The molecule has 0 atom stereocenters. The van der Waals surface area contributed by atoms with Crippen molar-refractivity contribution < 1.29 is 52.3 Å². The highest BCUT2D eigenvalue weighted by Gasteiger charge is 2.33. The van der Waals surface area contributed by atoms with E-state index >= 15 is 0 Å². The van der Waals surface area contributed by atoms with Crippen LogP contribution in [-0.2, 0) is 26.2 Å². The molecule has 0 radical (unpaired) electrons. The van der Waals surface area contributed by atoms with Gasteiger partial charge in [0, 0.05) is 10.9 Å². The second kappa shape index (κ2) is 11.1. The van der Waals surface area contributed by atoms with E-state index in [1.807, 2.05) is 0 Å². The molecule has 8 nitrogen and oxygen atoms in total. The lowest BCUT2D eigenvalue weighted by Crippen LogP contribution is -2.19. The fraction of sp³-hybridized carbons (Fsp3) is 0.0714. The number of nitrogens with one attached hydrogen (secondary N) is 2. The summed E-state index contributed by atoms with van der Waals surface area (Å²) in [5.74, 6) is -0.412. The standard InChI is InChI=1S/C28H18F6N2O6S2/c29-27(30,31)19-5-3-6-22(16-19)44(39,40)35-23-13-8-18(26-15-17-4-1-2-7-25(17)41-26)14-24(23)36-43(37,38)21-11-9-20(10-12-21)42-28(32,33)34/h1-16,35-36H. The third-order valence-electron chi connectivity index (χ3n) is 6.06. The third kappa shape index (κ3) is 6.92. The Balaban J connectivity index is 1.54. The Bertz CT molecular complexity index is 2020. The van der Waals surface area contributed by atoms with Crippen LogP contribution >= 0.6 is 0 Å². The van der Waals surface area contributed by atoms with Crippen LogP contribution in [0.3, 0.4) is 0 Å². The minimum atomic E-state index is -5.01. The van der Waals surface area contributed by atoms with E-state index in [9.17, 15) is 43.2 Å². The molecule has 0 saturated heterocycles. The summed E-state index contributed by atoms with van der Waals surface area (Å²) in [4.78, 5) is -1.25. The van der Waals surface area contributed by atoms with E-state index in [1.165, 1.54) is 18.2 Å². The average Bonchev–Trinajstić information content (AvgIpc) is 3.37. The lowest BCUT2D eigenvalue weighted by molar-refractivity contribution is -0.274. The maximum atomic E-state index is 13.2. The number of halogens is 6. The van der Waals surface area contributed by atoms with Gasteiger partial charge in [-0.2, -0.15) is 13.2 Å². The van der Waals surface area contributed by atoms with Crippen molar-refractivity contribution in [3.8, 4) is 17.1 Å². The zero-order chi connectivity index (χ0) is 31.9. The monoisotopic (exact) mass is 656 g/mol. The van der Waals surface area contributed by atoms with Crippen molar-refractivity contribution in [2.45, 2.75) is 22.3 Å². The molecule has 0 amide bonds. The van der Waals surface area contributed by atoms with Crippen molar-refractivity contribution in [2.75, 3.05) is 9.44 Å². The number of rotatable bonds is 8. The number of ether oxygens (including phenoxy) is 1. The van der Waals surface area contributed by atoms with Gasteiger partial charge in [-0.3, -0.25) is 9.44 Å². The molecule has 5 aromatic rings.